The molecule has 7 heteroatoms. The minimum Gasteiger partial charge on any atom is -0.317 e. The molecule has 3 N–H and O–H groups in total. The van der Waals surface area contributed by atoms with Crippen LogP contribution in [0, 0.1) is 0 Å². The fourth-order valence-corrected chi connectivity index (χ4v) is 1.52. The van der Waals surface area contributed by atoms with Crippen LogP contribution in [0.3, 0.4) is 0 Å². The van der Waals surface area contributed by atoms with Gasteiger partial charge in [0.2, 0.25) is 0 Å². The smallest absolute Gasteiger partial charge is 0.317 e. The Labute approximate surface area is 84.9 Å². The van der Waals surface area contributed by atoms with Gasteiger partial charge in [-0.2, -0.15) is 13.2 Å². The monoisotopic (exact) mass is 226 g/mol. The van der Waals surface area contributed by atoms with Gasteiger partial charge >= 0.3 is 6.18 Å². The number of nitrogens with one attached hydrogen (secondary N) is 1. The second kappa shape index (κ2) is 4.36. The van der Waals surface area contributed by atoms with E-state index in [0.717, 1.165) is 12.8 Å². The van der Waals surface area contributed by atoms with Crippen molar-refractivity contribution in [1.29, 1.82) is 0 Å². The largest absolute Gasteiger partial charge is 0.414 e. The van der Waals surface area contributed by atoms with Crippen LogP contribution >= 0.6 is 0 Å². The molecule has 0 aromatic carbocycles. The first-order valence-corrected chi connectivity index (χ1v) is 4.61. The maximum Gasteiger partial charge on any atom is 0.414 e. The topological polar surface area (TPSA) is 64.4 Å². The van der Waals surface area contributed by atoms with Gasteiger partial charge in [0.05, 0.1) is 5.54 Å². The summed E-state index contributed by atoms with van der Waals surface area (Å²) >= 11 is 0. The predicted octanol–water partition coefficient (Wildman–Crippen LogP) is 0.868. The molecular formula is C8H13F3N2O2. The van der Waals surface area contributed by atoms with Crippen molar-refractivity contribution in [1.82, 2.24) is 5.48 Å². The van der Waals surface area contributed by atoms with E-state index in [1.807, 2.05) is 0 Å². The fourth-order valence-electron chi connectivity index (χ4n) is 1.52. The van der Waals surface area contributed by atoms with Gasteiger partial charge < -0.3 is 5.73 Å². The Morgan fingerprint density at radius 1 is 1.40 bits per heavy atom. The van der Waals surface area contributed by atoms with Crippen LogP contribution < -0.4 is 11.2 Å². The van der Waals surface area contributed by atoms with Crippen LogP contribution in [-0.2, 0) is 9.63 Å². The molecular weight excluding hydrogens is 213 g/mol. The van der Waals surface area contributed by atoms with Crippen molar-refractivity contribution >= 4 is 5.91 Å². The first-order chi connectivity index (χ1) is 6.83. The van der Waals surface area contributed by atoms with Crippen molar-refractivity contribution in [3.05, 3.63) is 0 Å². The molecule has 1 saturated carbocycles. The van der Waals surface area contributed by atoms with Gasteiger partial charge in [-0.1, -0.05) is 12.8 Å². The molecule has 1 amide bonds. The van der Waals surface area contributed by atoms with Gasteiger partial charge in [0.25, 0.3) is 5.91 Å². The Bertz CT molecular complexity index is 237. The summed E-state index contributed by atoms with van der Waals surface area (Å²) in [5.41, 5.74) is 6.35. The summed E-state index contributed by atoms with van der Waals surface area (Å²) in [7, 11) is 0. The molecule has 0 aromatic rings. The molecule has 1 fully saturated rings. The molecule has 1 aliphatic rings. The van der Waals surface area contributed by atoms with Crippen molar-refractivity contribution in [2.75, 3.05) is 6.61 Å². The lowest BCUT2D eigenvalue weighted by Crippen LogP contribution is -2.52. The minimum absolute atomic E-state index is 0.480. The molecule has 0 saturated heterocycles. The fraction of sp³-hybridized carbons (Fsp3) is 0.875. The molecule has 4 nitrogen and oxygen atoms in total. The van der Waals surface area contributed by atoms with Crippen molar-refractivity contribution in [2.24, 2.45) is 5.73 Å². The number of carbonyl (C=O) groups is 1. The second-order valence-corrected chi connectivity index (χ2v) is 3.70. The zero-order valence-corrected chi connectivity index (χ0v) is 8.06. The summed E-state index contributed by atoms with van der Waals surface area (Å²) in [6, 6.07) is 0. The van der Waals surface area contributed by atoms with Crippen LogP contribution in [-0.4, -0.2) is 24.2 Å². The number of rotatable bonds is 3. The van der Waals surface area contributed by atoms with E-state index in [2.05, 4.69) is 4.84 Å². The van der Waals surface area contributed by atoms with Crippen LogP contribution in [0.4, 0.5) is 13.2 Å². The number of amides is 1. The number of hydroxylamine groups is 1. The van der Waals surface area contributed by atoms with Crippen molar-refractivity contribution in [3.63, 3.8) is 0 Å². The molecule has 0 aliphatic heterocycles. The SMILES string of the molecule is NC1(C(=O)NOCC(F)(F)F)CCCC1. The summed E-state index contributed by atoms with van der Waals surface area (Å²) in [6.45, 7) is -1.51. The number of nitrogens with two attached hydrogens (primary N) is 1. The van der Waals surface area contributed by atoms with E-state index in [-0.39, 0.29) is 0 Å². The number of hydrogen-bond acceptors (Lipinski definition) is 3. The summed E-state index contributed by atoms with van der Waals surface area (Å²) in [5, 5.41) is 0. The van der Waals surface area contributed by atoms with Gasteiger partial charge in [-0.25, -0.2) is 5.48 Å². The van der Waals surface area contributed by atoms with Crippen LogP contribution in [0.25, 0.3) is 0 Å². The molecule has 1 aliphatic carbocycles. The Morgan fingerprint density at radius 2 is 1.93 bits per heavy atom. The molecule has 0 spiro atoms. The number of hydrogen-bond donors (Lipinski definition) is 2. The maximum atomic E-state index is 11.7. The lowest BCUT2D eigenvalue weighted by atomic mass is 9.99. The predicted molar refractivity (Wildman–Crippen MR) is 45.5 cm³/mol. The summed E-state index contributed by atoms with van der Waals surface area (Å²) in [5.74, 6) is -0.677. The standard InChI is InChI=1S/C8H13F3N2O2/c9-8(10,11)5-15-13-6(14)7(12)3-1-2-4-7/h1-5,12H2,(H,13,14). The average molecular weight is 226 g/mol. The van der Waals surface area contributed by atoms with Gasteiger partial charge in [-0.15, -0.1) is 0 Å². The Hall–Kier alpha value is -0.820. The Kier molecular flexibility index (Phi) is 3.56. The first-order valence-electron chi connectivity index (χ1n) is 4.61. The average Bonchev–Trinajstić information content (AvgIpc) is 2.51. The van der Waals surface area contributed by atoms with Crippen LogP contribution in [0.5, 0.6) is 0 Å². The highest BCUT2D eigenvalue weighted by Crippen LogP contribution is 2.27. The molecule has 0 heterocycles. The highest BCUT2D eigenvalue weighted by molar-refractivity contribution is 5.85. The number of alkyl halides is 3. The van der Waals surface area contributed by atoms with E-state index in [4.69, 9.17) is 5.73 Å². The van der Waals surface area contributed by atoms with Gasteiger partial charge in [0.1, 0.15) is 0 Å². The van der Waals surface area contributed by atoms with E-state index in [1.54, 1.807) is 5.48 Å². The lowest BCUT2D eigenvalue weighted by Gasteiger charge is -2.21. The molecule has 88 valence electrons. The normalized spacial score (nSPS) is 20.3. The summed E-state index contributed by atoms with van der Waals surface area (Å²) in [6.07, 6.45) is -1.88. The Balaban J connectivity index is 2.30. The van der Waals surface area contributed by atoms with Gasteiger partial charge in [0, 0.05) is 0 Å². The van der Waals surface area contributed by atoms with Gasteiger partial charge in [-0.05, 0) is 12.8 Å². The molecule has 0 bridgehead atoms. The van der Waals surface area contributed by atoms with E-state index in [9.17, 15) is 18.0 Å². The van der Waals surface area contributed by atoms with Crippen LogP contribution in [0.2, 0.25) is 0 Å². The highest BCUT2D eigenvalue weighted by atomic mass is 19.4. The number of carbonyl (C=O) groups excluding carboxylic acids is 1. The molecule has 0 atom stereocenters. The van der Waals surface area contributed by atoms with Crippen LogP contribution in [0.1, 0.15) is 25.7 Å². The van der Waals surface area contributed by atoms with E-state index in [0.29, 0.717) is 12.8 Å². The molecule has 0 aromatic heterocycles. The van der Waals surface area contributed by atoms with Gasteiger partial charge in [-0.3, -0.25) is 9.63 Å². The van der Waals surface area contributed by atoms with Crippen molar-refractivity contribution < 1.29 is 22.8 Å². The zero-order valence-electron chi connectivity index (χ0n) is 8.06. The number of halogens is 3. The summed E-state index contributed by atoms with van der Waals surface area (Å²) in [4.78, 5) is 15.4. The third kappa shape index (κ3) is 3.67. The first kappa shape index (κ1) is 12.3. The maximum absolute atomic E-state index is 11.7. The lowest BCUT2D eigenvalue weighted by molar-refractivity contribution is -0.193. The molecule has 0 radical (unpaired) electrons. The highest BCUT2D eigenvalue weighted by Gasteiger charge is 2.38. The molecule has 15 heavy (non-hydrogen) atoms. The Morgan fingerprint density at radius 3 is 2.40 bits per heavy atom. The molecule has 0 unspecified atom stereocenters. The summed E-state index contributed by atoms with van der Waals surface area (Å²) < 4.78 is 35.0. The zero-order chi connectivity index (χ0) is 11.5. The third-order valence-electron chi connectivity index (χ3n) is 2.35. The minimum atomic E-state index is -4.45. The third-order valence-corrected chi connectivity index (χ3v) is 2.35. The van der Waals surface area contributed by atoms with Gasteiger partial charge in [0.15, 0.2) is 6.61 Å². The van der Waals surface area contributed by atoms with Crippen molar-refractivity contribution in [2.45, 2.75) is 37.4 Å². The van der Waals surface area contributed by atoms with E-state index >= 15 is 0 Å². The quantitative estimate of drug-likeness (QED) is 0.702. The van der Waals surface area contributed by atoms with E-state index in [1.165, 1.54) is 0 Å². The van der Waals surface area contributed by atoms with Crippen LogP contribution in [0.15, 0.2) is 0 Å². The van der Waals surface area contributed by atoms with Crippen molar-refractivity contribution in [3.8, 4) is 0 Å². The second-order valence-electron chi connectivity index (χ2n) is 3.70. The van der Waals surface area contributed by atoms with E-state index < -0.39 is 24.2 Å². The molecule has 1 rings (SSSR count).